The molecular formula is C21H26ClNO3. The average molecular weight is 376 g/mol. The van der Waals surface area contributed by atoms with Gasteiger partial charge < -0.3 is 15.2 Å². The van der Waals surface area contributed by atoms with Crippen molar-refractivity contribution in [3.8, 4) is 11.5 Å². The summed E-state index contributed by atoms with van der Waals surface area (Å²) in [6.45, 7) is 8.43. The van der Waals surface area contributed by atoms with E-state index < -0.39 is 6.10 Å². The molecule has 0 saturated carbocycles. The van der Waals surface area contributed by atoms with Gasteiger partial charge in [-0.25, -0.2) is 0 Å². The third kappa shape index (κ3) is 4.70. The molecule has 140 valence electrons. The molecule has 2 aromatic carbocycles. The van der Waals surface area contributed by atoms with E-state index in [1.807, 2.05) is 31.2 Å². The Morgan fingerprint density at radius 3 is 2.42 bits per heavy atom. The molecule has 2 rings (SSSR count). The number of rotatable bonds is 7. The van der Waals surface area contributed by atoms with Gasteiger partial charge in [0.1, 0.15) is 5.75 Å². The van der Waals surface area contributed by atoms with Gasteiger partial charge in [0.05, 0.1) is 10.7 Å². The van der Waals surface area contributed by atoms with Gasteiger partial charge in [-0.05, 0) is 48.1 Å². The zero-order valence-electron chi connectivity index (χ0n) is 15.7. The summed E-state index contributed by atoms with van der Waals surface area (Å²) < 4.78 is 5.84. The molecule has 0 spiro atoms. The molecule has 5 heteroatoms. The summed E-state index contributed by atoms with van der Waals surface area (Å²) in [7, 11) is 0. The maximum Gasteiger partial charge on any atom is 0.265 e. The van der Waals surface area contributed by atoms with Crippen LogP contribution in [-0.2, 0) is 10.2 Å². The van der Waals surface area contributed by atoms with Crippen LogP contribution < -0.4 is 10.1 Å². The number of phenols is 1. The highest BCUT2D eigenvalue weighted by atomic mass is 35.5. The van der Waals surface area contributed by atoms with E-state index in [-0.39, 0.29) is 27.8 Å². The Kier molecular flexibility index (Phi) is 6.54. The van der Waals surface area contributed by atoms with Gasteiger partial charge in [-0.1, -0.05) is 57.5 Å². The minimum absolute atomic E-state index is 0.101. The number of nitrogens with one attached hydrogen (secondary N) is 1. The van der Waals surface area contributed by atoms with Crippen LogP contribution in [0.3, 0.4) is 0 Å². The second-order valence-corrected chi connectivity index (χ2v) is 7.31. The summed E-state index contributed by atoms with van der Waals surface area (Å²) in [5.74, 6) is 0.157. The molecule has 2 N–H and O–H groups in total. The molecule has 4 nitrogen and oxygen atoms in total. The average Bonchev–Trinajstić information content (AvgIpc) is 2.63. The number of amides is 1. The quantitative estimate of drug-likeness (QED) is 0.625. The van der Waals surface area contributed by atoms with E-state index in [1.54, 1.807) is 18.2 Å². The highest BCUT2D eigenvalue weighted by molar-refractivity contribution is 6.32. The van der Waals surface area contributed by atoms with Crippen molar-refractivity contribution in [2.24, 2.45) is 0 Å². The lowest BCUT2D eigenvalue weighted by Gasteiger charge is -2.24. The van der Waals surface area contributed by atoms with E-state index in [9.17, 15) is 9.90 Å². The van der Waals surface area contributed by atoms with E-state index in [1.165, 1.54) is 5.56 Å². The zero-order chi connectivity index (χ0) is 19.3. The van der Waals surface area contributed by atoms with Crippen molar-refractivity contribution < 1.29 is 14.6 Å². The van der Waals surface area contributed by atoms with Crippen LogP contribution in [0.4, 0.5) is 5.69 Å². The van der Waals surface area contributed by atoms with Gasteiger partial charge in [0.25, 0.3) is 5.91 Å². The molecule has 26 heavy (non-hydrogen) atoms. The number of hydrogen-bond donors (Lipinski definition) is 2. The van der Waals surface area contributed by atoms with Crippen LogP contribution in [0.2, 0.25) is 5.02 Å². The summed E-state index contributed by atoms with van der Waals surface area (Å²) in [5.41, 5.74) is 1.60. The first-order valence-corrected chi connectivity index (χ1v) is 9.21. The number of halogens is 1. The first kappa shape index (κ1) is 20.1. The second kappa shape index (κ2) is 8.45. The Labute approximate surface area is 160 Å². The van der Waals surface area contributed by atoms with Crippen molar-refractivity contribution in [2.75, 3.05) is 5.32 Å². The number of ether oxygens (including phenoxy) is 1. The van der Waals surface area contributed by atoms with Crippen LogP contribution in [0.5, 0.6) is 11.5 Å². The Hall–Kier alpha value is -2.20. The van der Waals surface area contributed by atoms with Gasteiger partial charge in [0.2, 0.25) is 0 Å². The fourth-order valence-electron chi connectivity index (χ4n) is 2.50. The monoisotopic (exact) mass is 375 g/mol. The van der Waals surface area contributed by atoms with Crippen LogP contribution in [-0.4, -0.2) is 17.1 Å². The number of anilines is 1. The fourth-order valence-corrected chi connectivity index (χ4v) is 2.68. The molecule has 2 aromatic rings. The van der Waals surface area contributed by atoms with Crippen LogP contribution in [0.25, 0.3) is 0 Å². The Morgan fingerprint density at radius 2 is 1.85 bits per heavy atom. The van der Waals surface area contributed by atoms with Gasteiger partial charge >= 0.3 is 0 Å². The third-order valence-electron chi connectivity index (χ3n) is 4.71. The Balaban J connectivity index is 2.09. The highest BCUT2D eigenvalue weighted by Crippen LogP contribution is 2.32. The predicted octanol–water partition coefficient (Wildman–Crippen LogP) is 5.53. The van der Waals surface area contributed by atoms with Gasteiger partial charge in [-0.2, -0.15) is 0 Å². The first-order valence-electron chi connectivity index (χ1n) is 8.84. The number of phenolic OH excluding ortho intramolecular Hbond substituents is 1. The molecule has 1 amide bonds. The van der Waals surface area contributed by atoms with E-state index in [2.05, 4.69) is 26.1 Å². The SMILES string of the molecule is CCC(Oc1ccc(C(C)(C)CC)cc1)C(=O)Nc1cccc(Cl)c1O. The van der Waals surface area contributed by atoms with Crippen LogP contribution in [0.15, 0.2) is 42.5 Å². The van der Waals surface area contributed by atoms with E-state index in [0.717, 1.165) is 6.42 Å². The molecule has 0 aliphatic carbocycles. The van der Waals surface area contributed by atoms with E-state index in [0.29, 0.717) is 12.2 Å². The summed E-state index contributed by atoms with van der Waals surface area (Å²) in [4.78, 5) is 12.5. The lowest BCUT2D eigenvalue weighted by atomic mass is 9.82. The maximum absolute atomic E-state index is 12.5. The zero-order valence-corrected chi connectivity index (χ0v) is 16.4. The Bertz CT molecular complexity index is 756. The highest BCUT2D eigenvalue weighted by Gasteiger charge is 2.21. The van der Waals surface area contributed by atoms with Crippen LogP contribution in [0.1, 0.15) is 46.1 Å². The molecule has 1 atom stereocenters. The molecule has 0 aliphatic heterocycles. The van der Waals surface area contributed by atoms with Crippen molar-refractivity contribution >= 4 is 23.2 Å². The van der Waals surface area contributed by atoms with Crippen molar-refractivity contribution in [2.45, 2.75) is 52.1 Å². The summed E-state index contributed by atoms with van der Waals surface area (Å²) in [6, 6.07) is 12.7. The molecule has 1 unspecified atom stereocenters. The summed E-state index contributed by atoms with van der Waals surface area (Å²) in [5, 5.41) is 12.8. The lowest BCUT2D eigenvalue weighted by Crippen LogP contribution is -2.32. The Morgan fingerprint density at radius 1 is 1.19 bits per heavy atom. The van der Waals surface area contributed by atoms with Gasteiger partial charge in [0, 0.05) is 0 Å². The molecule has 0 radical (unpaired) electrons. The van der Waals surface area contributed by atoms with Crippen LogP contribution >= 0.6 is 11.6 Å². The topological polar surface area (TPSA) is 58.6 Å². The fraction of sp³-hybridized carbons (Fsp3) is 0.381. The first-order chi connectivity index (χ1) is 12.3. The summed E-state index contributed by atoms with van der Waals surface area (Å²) in [6.07, 6.45) is 0.865. The van der Waals surface area contributed by atoms with Crippen molar-refractivity contribution in [1.29, 1.82) is 0 Å². The number of hydrogen-bond acceptors (Lipinski definition) is 3. The molecule has 0 fully saturated rings. The number of carbonyl (C=O) groups excluding carboxylic acids is 1. The normalized spacial score (nSPS) is 12.5. The second-order valence-electron chi connectivity index (χ2n) is 6.90. The van der Waals surface area contributed by atoms with Crippen molar-refractivity contribution in [3.63, 3.8) is 0 Å². The molecular weight excluding hydrogens is 350 g/mol. The number of para-hydroxylation sites is 1. The molecule has 0 aromatic heterocycles. The number of benzene rings is 2. The number of aromatic hydroxyl groups is 1. The molecule has 0 bridgehead atoms. The van der Waals surface area contributed by atoms with Crippen molar-refractivity contribution in [1.82, 2.24) is 0 Å². The molecule has 0 saturated heterocycles. The van der Waals surface area contributed by atoms with Crippen molar-refractivity contribution in [3.05, 3.63) is 53.1 Å². The lowest BCUT2D eigenvalue weighted by molar-refractivity contribution is -0.122. The minimum Gasteiger partial charge on any atom is -0.504 e. The summed E-state index contributed by atoms with van der Waals surface area (Å²) >= 11 is 5.87. The number of carbonyl (C=O) groups is 1. The minimum atomic E-state index is -0.668. The van der Waals surface area contributed by atoms with E-state index in [4.69, 9.17) is 16.3 Å². The van der Waals surface area contributed by atoms with Gasteiger partial charge in [0.15, 0.2) is 11.9 Å². The third-order valence-corrected chi connectivity index (χ3v) is 5.01. The smallest absolute Gasteiger partial charge is 0.265 e. The van der Waals surface area contributed by atoms with E-state index >= 15 is 0 Å². The van der Waals surface area contributed by atoms with Gasteiger partial charge in [-0.3, -0.25) is 4.79 Å². The standard InChI is InChI=1S/C21H26ClNO3/c1-5-18(20(25)23-17-9-7-8-16(22)19(17)24)26-15-12-10-14(11-13-15)21(3,4)6-2/h7-13,18,24H,5-6H2,1-4H3,(H,23,25). The largest absolute Gasteiger partial charge is 0.504 e. The van der Waals surface area contributed by atoms with Crippen LogP contribution in [0, 0.1) is 0 Å². The molecule has 0 aliphatic rings. The predicted molar refractivity (Wildman–Crippen MR) is 106 cm³/mol. The maximum atomic E-state index is 12.5. The molecule has 0 heterocycles. The van der Waals surface area contributed by atoms with Gasteiger partial charge in [-0.15, -0.1) is 0 Å².